The van der Waals surface area contributed by atoms with Crippen molar-refractivity contribution in [3.8, 4) is 10.4 Å². The monoisotopic (exact) mass is 453 g/mol. The number of H-pyrrole nitrogens is 1. The highest BCUT2D eigenvalue weighted by Gasteiger charge is 2.32. The number of aromatic nitrogens is 3. The maximum Gasteiger partial charge on any atom is 0.433 e. The largest absolute Gasteiger partial charge is 0.433 e. The van der Waals surface area contributed by atoms with Crippen LogP contribution in [0.25, 0.3) is 21.5 Å². The lowest BCUT2D eigenvalue weighted by Gasteiger charge is -2.12. The van der Waals surface area contributed by atoms with Crippen molar-refractivity contribution in [1.29, 1.82) is 0 Å². The minimum absolute atomic E-state index is 0.233. The Morgan fingerprint density at radius 3 is 2.74 bits per heavy atom. The first kappa shape index (κ1) is 21.0. The van der Waals surface area contributed by atoms with Crippen molar-refractivity contribution < 1.29 is 22.0 Å². The van der Waals surface area contributed by atoms with Gasteiger partial charge in [-0.05, 0) is 24.1 Å². The third-order valence-electron chi connectivity index (χ3n) is 4.41. The van der Waals surface area contributed by atoms with Gasteiger partial charge in [-0.3, -0.25) is 9.97 Å². The molecule has 1 atom stereocenters. The molecular formula is C19H15F4N5O2S. The van der Waals surface area contributed by atoms with Gasteiger partial charge in [0.25, 0.3) is 0 Å². The summed E-state index contributed by atoms with van der Waals surface area (Å²) < 4.78 is 57.1. The number of halogens is 4. The molecule has 0 fully saturated rings. The van der Waals surface area contributed by atoms with Crippen LogP contribution in [0.1, 0.15) is 11.3 Å². The molecule has 1 aromatic carbocycles. The molecule has 3 heterocycles. The lowest BCUT2D eigenvalue weighted by Crippen LogP contribution is -2.31. The maximum absolute atomic E-state index is 14.4. The summed E-state index contributed by atoms with van der Waals surface area (Å²) in [5, 5.41) is 3.52. The van der Waals surface area contributed by atoms with Gasteiger partial charge in [-0.15, -0.1) is 0 Å². The molecule has 162 valence electrons. The molecule has 7 nitrogen and oxygen atoms in total. The van der Waals surface area contributed by atoms with E-state index in [1.807, 2.05) is 0 Å². The molecule has 31 heavy (non-hydrogen) atoms. The second-order valence-corrected chi connectivity index (χ2v) is 7.80. The van der Waals surface area contributed by atoms with Crippen molar-refractivity contribution in [3.05, 3.63) is 64.3 Å². The second kappa shape index (κ2) is 8.12. The van der Waals surface area contributed by atoms with E-state index in [0.717, 1.165) is 12.3 Å². The van der Waals surface area contributed by atoms with Crippen molar-refractivity contribution in [1.82, 2.24) is 15.0 Å². The van der Waals surface area contributed by atoms with Gasteiger partial charge >= 0.3 is 11.9 Å². The van der Waals surface area contributed by atoms with Crippen molar-refractivity contribution in [2.45, 2.75) is 18.6 Å². The molecule has 0 unspecified atom stereocenters. The SMILES string of the molecule is N[C@H](CNc1ncc(-c2cc3oc(=O)[nH]c3cc2F)s1)Cc1ccc(C(F)(F)F)nc1. The standard InChI is InChI=1S/C19H15F4N5O2S/c20-12-5-13-14(30-18(29)28-13)4-11(12)15-8-27-17(31-15)26-7-10(24)3-9-1-2-16(25-6-9)19(21,22)23/h1-2,4-6,8,10H,3,7,24H2,(H,26,27)(H,28,29)/t10-/m0/s1. The van der Waals surface area contributed by atoms with Gasteiger partial charge in [-0.1, -0.05) is 17.4 Å². The van der Waals surface area contributed by atoms with Gasteiger partial charge in [0, 0.05) is 36.6 Å². The Kier molecular flexibility index (Phi) is 5.50. The molecule has 0 aliphatic carbocycles. The summed E-state index contributed by atoms with van der Waals surface area (Å²) in [5.74, 6) is -1.21. The quantitative estimate of drug-likeness (QED) is 0.384. The molecule has 0 radical (unpaired) electrons. The minimum Gasteiger partial charge on any atom is -0.408 e. The van der Waals surface area contributed by atoms with Crippen molar-refractivity contribution in [3.63, 3.8) is 0 Å². The van der Waals surface area contributed by atoms with E-state index in [1.165, 1.54) is 35.7 Å². The summed E-state index contributed by atoms with van der Waals surface area (Å²) in [6.07, 6.45) is -1.54. The number of nitrogens with zero attached hydrogens (tertiary/aromatic N) is 2. The van der Waals surface area contributed by atoms with E-state index in [9.17, 15) is 22.4 Å². The highest BCUT2D eigenvalue weighted by Crippen LogP contribution is 2.33. The summed E-state index contributed by atoms with van der Waals surface area (Å²) >= 11 is 1.18. The van der Waals surface area contributed by atoms with E-state index in [0.29, 0.717) is 28.5 Å². The van der Waals surface area contributed by atoms with E-state index in [-0.39, 0.29) is 16.7 Å². The van der Waals surface area contributed by atoms with Crippen LogP contribution in [-0.4, -0.2) is 27.5 Å². The molecular weight excluding hydrogens is 438 g/mol. The van der Waals surface area contributed by atoms with Crippen LogP contribution in [0.3, 0.4) is 0 Å². The molecule has 0 spiro atoms. The van der Waals surface area contributed by atoms with Gasteiger partial charge in [-0.25, -0.2) is 14.2 Å². The summed E-state index contributed by atoms with van der Waals surface area (Å²) in [5.41, 5.74) is 6.39. The van der Waals surface area contributed by atoms with Crippen LogP contribution in [-0.2, 0) is 12.6 Å². The van der Waals surface area contributed by atoms with Gasteiger partial charge < -0.3 is 15.5 Å². The number of thiazole rings is 1. The third-order valence-corrected chi connectivity index (χ3v) is 5.40. The first-order chi connectivity index (χ1) is 14.7. The first-order valence-corrected chi connectivity index (χ1v) is 9.81. The van der Waals surface area contributed by atoms with Gasteiger partial charge in [0.15, 0.2) is 10.7 Å². The molecule has 3 aromatic heterocycles. The Morgan fingerprint density at radius 1 is 1.23 bits per heavy atom. The number of rotatable bonds is 6. The number of hydrogen-bond acceptors (Lipinski definition) is 7. The molecule has 0 bridgehead atoms. The number of alkyl halides is 3. The molecule has 4 aromatic rings. The van der Waals surface area contributed by atoms with Gasteiger partial charge in [-0.2, -0.15) is 13.2 Å². The van der Waals surface area contributed by atoms with Crippen molar-refractivity contribution in [2.75, 3.05) is 11.9 Å². The highest BCUT2D eigenvalue weighted by molar-refractivity contribution is 7.18. The Balaban J connectivity index is 1.39. The zero-order chi connectivity index (χ0) is 22.2. The van der Waals surface area contributed by atoms with Gasteiger partial charge in [0.2, 0.25) is 0 Å². The lowest BCUT2D eigenvalue weighted by atomic mass is 10.1. The highest BCUT2D eigenvalue weighted by atomic mass is 32.1. The first-order valence-electron chi connectivity index (χ1n) is 8.99. The van der Waals surface area contributed by atoms with Crippen LogP contribution in [0.4, 0.5) is 22.7 Å². The number of benzene rings is 1. The molecule has 4 rings (SSSR count). The van der Waals surface area contributed by atoms with E-state index in [4.69, 9.17) is 10.2 Å². The second-order valence-electron chi connectivity index (χ2n) is 6.77. The fourth-order valence-corrected chi connectivity index (χ4v) is 3.79. The van der Waals surface area contributed by atoms with Crippen LogP contribution >= 0.6 is 11.3 Å². The number of anilines is 1. The summed E-state index contributed by atoms with van der Waals surface area (Å²) in [4.78, 5) is 21.8. The number of nitrogens with one attached hydrogen (secondary N) is 2. The molecule has 0 amide bonds. The summed E-state index contributed by atoms with van der Waals surface area (Å²) in [6.45, 7) is 0.294. The Labute approximate surface area is 175 Å². The molecule has 0 aliphatic rings. The zero-order valence-corrected chi connectivity index (χ0v) is 16.5. The van der Waals surface area contributed by atoms with E-state index >= 15 is 0 Å². The van der Waals surface area contributed by atoms with E-state index in [2.05, 4.69) is 20.3 Å². The average molecular weight is 453 g/mol. The Hall–Kier alpha value is -3.25. The molecule has 12 heteroatoms. The average Bonchev–Trinajstić information content (AvgIpc) is 3.30. The number of aromatic amines is 1. The number of hydrogen-bond donors (Lipinski definition) is 3. The number of nitrogens with two attached hydrogens (primary N) is 1. The molecule has 4 N–H and O–H groups in total. The predicted octanol–water partition coefficient (Wildman–Crippen LogP) is 3.78. The number of pyridine rings is 1. The fraction of sp³-hybridized carbons (Fsp3) is 0.211. The zero-order valence-electron chi connectivity index (χ0n) is 15.7. The minimum atomic E-state index is -4.48. The van der Waals surface area contributed by atoms with Crippen LogP contribution in [0.15, 0.2) is 45.9 Å². The van der Waals surface area contributed by atoms with Crippen molar-refractivity contribution in [2.24, 2.45) is 5.73 Å². The molecule has 0 aliphatic heterocycles. The Morgan fingerprint density at radius 2 is 2.03 bits per heavy atom. The van der Waals surface area contributed by atoms with Gasteiger partial charge in [0.1, 0.15) is 11.5 Å². The normalized spacial score (nSPS) is 12.9. The maximum atomic E-state index is 14.4. The van der Waals surface area contributed by atoms with E-state index in [1.54, 1.807) is 0 Å². The van der Waals surface area contributed by atoms with Crippen LogP contribution < -0.4 is 16.8 Å². The van der Waals surface area contributed by atoms with Crippen molar-refractivity contribution >= 4 is 27.6 Å². The van der Waals surface area contributed by atoms with E-state index < -0.39 is 29.5 Å². The Bertz CT molecular complexity index is 1260. The molecule has 0 saturated heterocycles. The predicted molar refractivity (Wildman–Crippen MR) is 107 cm³/mol. The van der Waals surface area contributed by atoms with Crippen LogP contribution in [0, 0.1) is 5.82 Å². The third kappa shape index (κ3) is 4.75. The topological polar surface area (TPSA) is 110 Å². The lowest BCUT2D eigenvalue weighted by molar-refractivity contribution is -0.141. The smallest absolute Gasteiger partial charge is 0.408 e. The summed E-state index contributed by atoms with van der Waals surface area (Å²) in [6, 6.07) is 4.45. The van der Waals surface area contributed by atoms with Gasteiger partial charge in [0.05, 0.1) is 10.4 Å². The van der Waals surface area contributed by atoms with Crippen LogP contribution in [0.5, 0.6) is 0 Å². The molecule has 0 saturated carbocycles. The summed E-state index contributed by atoms with van der Waals surface area (Å²) in [7, 11) is 0. The fourth-order valence-electron chi connectivity index (χ4n) is 2.95. The van der Waals surface area contributed by atoms with Crippen LogP contribution in [0.2, 0.25) is 0 Å². The number of fused-ring (bicyclic) bond motifs is 1. The number of oxazole rings is 1.